The minimum absolute atomic E-state index is 0.0409. The average Bonchev–Trinajstić information content (AvgIpc) is 2.79. The first-order valence-corrected chi connectivity index (χ1v) is 9.71. The highest BCUT2D eigenvalue weighted by atomic mass is 16.1. The van der Waals surface area contributed by atoms with E-state index in [1.165, 1.54) is 0 Å². The minimum atomic E-state index is -0.0409. The zero-order valence-electron chi connectivity index (χ0n) is 16.7. The van der Waals surface area contributed by atoms with Crippen LogP contribution in [-0.2, 0) is 4.79 Å². The fourth-order valence-corrected chi connectivity index (χ4v) is 2.36. The molecule has 3 heterocycles. The zero-order valence-corrected chi connectivity index (χ0v) is 16.7. The molecule has 0 atom stereocenters. The van der Waals surface area contributed by atoms with Crippen molar-refractivity contribution in [3.63, 3.8) is 0 Å². The Hall–Kier alpha value is -3.33. The monoisotopic (exact) mass is 394 g/mol. The lowest BCUT2D eigenvalue weighted by Crippen LogP contribution is -2.11. The smallest absolute Gasteiger partial charge is 0.224 e. The van der Waals surface area contributed by atoms with E-state index in [0.717, 1.165) is 19.3 Å². The number of hydrogen-bond donors (Lipinski definition) is 2. The minimum Gasteiger partial charge on any atom is -0.330 e. The molecule has 0 bridgehead atoms. The topological polar surface area (TPSA) is 132 Å². The van der Waals surface area contributed by atoms with Crippen LogP contribution in [0.3, 0.4) is 0 Å². The first kappa shape index (κ1) is 22.0. The van der Waals surface area contributed by atoms with Crippen molar-refractivity contribution < 1.29 is 4.79 Å². The van der Waals surface area contributed by atoms with Crippen molar-refractivity contribution in [3.05, 3.63) is 42.7 Å². The average molecular weight is 394 g/mol. The van der Waals surface area contributed by atoms with Gasteiger partial charge >= 0.3 is 0 Å². The molecule has 0 spiro atoms. The van der Waals surface area contributed by atoms with Crippen molar-refractivity contribution in [2.75, 3.05) is 11.9 Å². The molecular weight excluding hydrogens is 368 g/mol. The second-order valence-electron chi connectivity index (χ2n) is 5.84. The number of amides is 1. The number of carbonyl (C=O) groups excluding carboxylic acids is 1. The van der Waals surface area contributed by atoms with Gasteiger partial charge in [0.1, 0.15) is 11.4 Å². The largest absolute Gasteiger partial charge is 0.330 e. The lowest BCUT2D eigenvalue weighted by atomic mass is 10.2. The molecule has 0 unspecified atom stereocenters. The Kier molecular flexibility index (Phi) is 9.23. The van der Waals surface area contributed by atoms with Crippen LogP contribution in [0.5, 0.6) is 0 Å². The molecule has 0 aliphatic carbocycles. The molecule has 3 N–H and O–H groups in total. The van der Waals surface area contributed by atoms with Gasteiger partial charge in [-0.25, -0.2) is 0 Å². The summed E-state index contributed by atoms with van der Waals surface area (Å²) in [5, 5.41) is 19.0. The Morgan fingerprint density at radius 2 is 1.59 bits per heavy atom. The maximum atomic E-state index is 11.9. The second kappa shape index (κ2) is 12.2. The quantitative estimate of drug-likeness (QED) is 0.557. The van der Waals surface area contributed by atoms with Gasteiger partial charge in [0.25, 0.3) is 0 Å². The first-order valence-electron chi connectivity index (χ1n) is 9.71. The molecule has 3 aromatic rings. The van der Waals surface area contributed by atoms with Gasteiger partial charge in [-0.15, -0.1) is 20.4 Å². The third-order valence-corrected chi connectivity index (χ3v) is 3.76. The Balaban J connectivity index is 0.00000145. The Labute approximate surface area is 170 Å². The normalized spacial score (nSPS) is 10.0. The number of unbranched alkanes of at least 4 members (excludes halogenated alkanes) is 2. The predicted molar refractivity (Wildman–Crippen MR) is 112 cm³/mol. The summed E-state index contributed by atoms with van der Waals surface area (Å²) >= 11 is 0. The van der Waals surface area contributed by atoms with E-state index in [4.69, 9.17) is 5.73 Å². The first-order chi connectivity index (χ1) is 14.3. The van der Waals surface area contributed by atoms with Crippen molar-refractivity contribution >= 4 is 11.6 Å². The van der Waals surface area contributed by atoms with Gasteiger partial charge in [0.05, 0.1) is 11.9 Å². The Bertz CT molecular complexity index is 854. The van der Waals surface area contributed by atoms with Crippen LogP contribution in [0, 0.1) is 0 Å². The number of hydrogen-bond acceptors (Lipinski definition) is 8. The van der Waals surface area contributed by atoms with E-state index in [1.807, 2.05) is 26.0 Å². The van der Waals surface area contributed by atoms with Gasteiger partial charge in [-0.2, -0.15) is 0 Å². The van der Waals surface area contributed by atoms with Crippen LogP contribution in [0.15, 0.2) is 42.7 Å². The van der Waals surface area contributed by atoms with Crippen LogP contribution in [0.2, 0.25) is 0 Å². The Morgan fingerprint density at radius 1 is 0.897 bits per heavy atom. The number of aromatic nitrogens is 6. The Morgan fingerprint density at radius 3 is 2.14 bits per heavy atom. The summed E-state index contributed by atoms with van der Waals surface area (Å²) in [4.78, 5) is 20.3. The SMILES string of the molecule is CC.NCCCCCC(=O)Nc1ccc(-c2nnc(-c3ccccn3)nn2)nc1. The number of nitrogens with one attached hydrogen (secondary N) is 1. The van der Waals surface area contributed by atoms with Gasteiger partial charge in [0, 0.05) is 12.6 Å². The van der Waals surface area contributed by atoms with Crippen LogP contribution in [0.25, 0.3) is 23.0 Å². The molecule has 0 aromatic carbocycles. The molecule has 0 aliphatic rings. The van der Waals surface area contributed by atoms with E-state index < -0.39 is 0 Å². The number of nitrogens with two attached hydrogens (primary N) is 1. The molecule has 3 aromatic heterocycles. The highest BCUT2D eigenvalue weighted by Crippen LogP contribution is 2.15. The van der Waals surface area contributed by atoms with Gasteiger partial charge in [-0.05, 0) is 43.7 Å². The van der Waals surface area contributed by atoms with Gasteiger partial charge in [0.2, 0.25) is 17.6 Å². The number of rotatable bonds is 8. The van der Waals surface area contributed by atoms with Crippen LogP contribution in [-0.4, -0.2) is 42.8 Å². The summed E-state index contributed by atoms with van der Waals surface area (Å²) in [5.41, 5.74) is 7.17. The summed E-state index contributed by atoms with van der Waals surface area (Å²) in [6, 6.07) is 8.89. The maximum absolute atomic E-state index is 11.9. The number of pyridine rings is 2. The molecular formula is C20H26N8O. The van der Waals surface area contributed by atoms with Crippen LogP contribution >= 0.6 is 0 Å². The summed E-state index contributed by atoms with van der Waals surface area (Å²) in [5.74, 6) is 0.605. The fourth-order valence-electron chi connectivity index (χ4n) is 2.36. The molecule has 0 radical (unpaired) electrons. The third kappa shape index (κ3) is 6.96. The van der Waals surface area contributed by atoms with Crippen molar-refractivity contribution in [1.29, 1.82) is 0 Å². The fraction of sp³-hybridized carbons (Fsp3) is 0.350. The molecule has 9 nitrogen and oxygen atoms in total. The van der Waals surface area contributed by atoms with E-state index in [0.29, 0.717) is 41.7 Å². The summed E-state index contributed by atoms with van der Waals surface area (Å²) in [6.07, 6.45) is 6.39. The van der Waals surface area contributed by atoms with E-state index in [2.05, 4.69) is 35.7 Å². The predicted octanol–water partition coefficient (Wildman–Crippen LogP) is 2.87. The molecule has 3 rings (SSSR count). The lowest BCUT2D eigenvalue weighted by molar-refractivity contribution is -0.116. The van der Waals surface area contributed by atoms with Crippen LogP contribution in [0.4, 0.5) is 5.69 Å². The molecule has 1 amide bonds. The summed E-state index contributed by atoms with van der Waals surface area (Å²) in [6.45, 7) is 4.65. The zero-order chi connectivity index (χ0) is 20.9. The van der Waals surface area contributed by atoms with Crippen molar-refractivity contribution in [2.45, 2.75) is 39.5 Å². The van der Waals surface area contributed by atoms with Crippen molar-refractivity contribution in [3.8, 4) is 23.0 Å². The van der Waals surface area contributed by atoms with Crippen LogP contribution < -0.4 is 11.1 Å². The maximum Gasteiger partial charge on any atom is 0.224 e. The number of anilines is 1. The lowest BCUT2D eigenvalue weighted by Gasteiger charge is -2.05. The molecule has 0 aliphatic heterocycles. The van der Waals surface area contributed by atoms with Crippen molar-refractivity contribution in [2.24, 2.45) is 5.73 Å². The van der Waals surface area contributed by atoms with Crippen LogP contribution in [0.1, 0.15) is 39.5 Å². The number of nitrogens with zero attached hydrogens (tertiary/aromatic N) is 6. The summed E-state index contributed by atoms with van der Waals surface area (Å²) in [7, 11) is 0. The summed E-state index contributed by atoms with van der Waals surface area (Å²) < 4.78 is 0. The molecule has 29 heavy (non-hydrogen) atoms. The second-order valence-corrected chi connectivity index (χ2v) is 5.84. The van der Waals surface area contributed by atoms with Gasteiger partial charge in [-0.1, -0.05) is 26.3 Å². The van der Waals surface area contributed by atoms with Crippen molar-refractivity contribution in [1.82, 2.24) is 30.4 Å². The van der Waals surface area contributed by atoms with E-state index >= 15 is 0 Å². The standard InChI is InChI=1S/C18H20N8O.C2H6/c19-10-4-1-2-7-16(27)22-13-8-9-15(21-12-13)18-25-23-17(24-26-18)14-6-3-5-11-20-14;1-2/h3,5-6,8-9,11-12H,1-2,4,7,10,19H2,(H,22,27);1-2H3. The van der Waals surface area contributed by atoms with Gasteiger partial charge < -0.3 is 11.1 Å². The van der Waals surface area contributed by atoms with Gasteiger partial charge in [-0.3, -0.25) is 14.8 Å². The molecule has 0 saturated heterocycles. The van der Waals surface area contributed by atoms with E-state index in [9.17, 15) is 4.79 Å². The molecule has 0 fully saturated rings. The molecule has 152 valence electrons. The van der Waals surface area contributed by atoms with E-state index in [1.54, 1.807) is 30.6 Å². The molecule has 0 saturated carbocycles. The third-order valence-electron chi connectivity index (χ3n) is 3.76. The number of carbonyl (C=O) groups is 1. The highest BCUT2D eigenvalue weighted by Gasteiger charge is 2.09. The highest BCUT2D eigenvalue weighted by molar-refractivity contribution is 5.90. The van der Waals surface area contributed by atoms with E-state index in [-0.39, 0.29) is 5.91 Å². The van der Waals surface area contributed by atoms with Gasteiger partial charge in [0.15, 0.2) is 0 Å². The molecule has 9 heteroatoms.